The molecule has 0 spiro atoms. The second-order valence-electron chi connectivity index (χ2n) is 4.09. The summed E-state index contributed by atoms with van der Waals surface area (Å²) >= 11 is 6.05. The van der Waals surface area contributed by atoms with Crippen molar-refractivity contribution in [1.29, 1.82) is 0 Å². The summed E-state index contributed by atoms with van der Waals surface area (Å²) in [5.74, 6) is 0. The number of hydrogen-bond donors (Lipinski definition) is 2. The van der Waals surface area contributed by atoms with Gasteiger partial charge in [0.1, 0.15) is 5.58 Å². The summed E-state index contributed by atoms with van der Waals surface area (Å²) in [7, 11) is 1.56. The summed E-state index contributed by atoms with van der Waals surface area (Å²) in [5, 5.41) is 14.0. The van der Waals surface area contributed by atoms with E-state index in [1.807, 2.05) is 24.3 Å². The average Bonchev–Trinajstić information content (AvgIpc) is 2.66. The van der Waals surface area contributed by atoms with Crippen LogP contribution in [0.2, 0.25) is 5.22 Å². The Hall–Kier alpha value is -1.07. The van der Waals surface area contributed by atoms with Crippen LogP contribution < -0.4 is 5.32 Å². The van der Waals surface area contributed by atoms with E-state index in [4.69, 9.17) is 20.8 Å². The zero-order chi connectivity index (χ0) is 13.0. The van der Waals surface area contributed by atoms with Gasteiger partial charge in [-0.1, -0.05) is 18.2 Å². The third-order valence-electron chi connectivity index (χ3n) is 2.69. The molecule has 0 aliphatic heterocycles. The number of aliphatic hydroxyl groups excluding tert-OH is 1. The number of aliphatic hydroxyl groups is 1. The van der Waals surface area contributed by atoms with Gasteiger partial charge in [-0.3, -0.25) is 0 Å². The summed E-state index contributed by atoms with van der Waals surface area (Å²) in [5.41, 5.74) is 1.69. The number of para-hydroxylation sites is 1. The molecule has 1 aromatic carbocycles. The van der Waals surface area contributed by atoms with Gasteiger partial charge in [-0.05, 0) is 17.7 Å². The lowest BCUT2D eigenvalue weighted by Crippen LogP contribution is -2.29. The Morgan fingerprint density at radius 1 is 1.44 bits per heavy atom. The molecule has 0 fully saturated rings. The van der Waals surface area contributed by atoms with E-state index in [1.54, 1.807) is 7.11 Å². The van der Waals surface area contributed by atoms with E-state index < -0.39 is 6.10 Å². The summed E-state index contributed by atoms with van der Waals surface area (Å²) in [6.07, 6.45) is -0.521. The number of fused-ring (bicyclic) bond motifs is 1. The molecule has 0 bridgehead atoms. The summed E-state index contributed by atoms with van der Waals surface area (Å²) in [6, 6.07) is 7.69. The molecule has 0 saturated carbocycles. The topological polar surface area (TPSA) is 54.6 Å². The second kappa shape index (κ2) is 6.20. The molecule has 2 rings (SSSR count). The van der Waals surface area contributed by atoms with Crippen molar-refractivity contribution < 1.29 is 14.3 Å². The van der Waals surface area contributed by atoms with Gasteiger partial charge in [0.05, 0.1) is 12.7 Å². The highest BCUT2D eigenvalue weighted by atomic mass is 35.5. The molecule has 2 N–H and O–H groups in total. The largest absolute Gasteiger partial charge is 0.444 e. The highest BCUT2D eigenvalue weighted by Gasteiger charge is 2.12. The Labute approximate surface area is 110 Å². The van der Waals surface area contributed by atoms with Crippen LogP contribution in [0.3, 0.4) is 0 Å². The van der Waals surface area contributed by atoms with Crippen LogP contribution in [0.25, 0.3) is 11.0 Å². The molecule has 0 aliphatic rings. The molecule has 4 nitrogen and oxygen atoms in total. The van der Waals surface area contributed by atoms with Crippen molar-refractivity contribution in [3.63, 3.8) is 0 Å². The maximum Gasteiger partial charge on any atom is 0.199 e. The molecule has 1 atom stereocenters. The number of hydrogen-bond acceptors (Lipinski definition) is 4. The smallest absolute Gasteiger partial charge is 0.199 e. The average molecular weight is 270 g/mol. The minimum Gasteiger partial charge on any atom is -0.444 e. The van der Waals surface area contributed by atoms with E-state index in [-0.39, 0.29) is 0 Å². The van der Waals surface area contributed by atoms with Crippen molar-refractivity contribution in [3.8, 4) is 0 Å². The van der Waals surface area contributed by atoms with E-state index in [1.165, 1.54) is 0 Å². The minimum atomic E-state index is -0.521. The second-order valence-corrected chi connectivity index (χ2v) is 4.43. The van der Waals surface area contributed by atoms with Gasteiger partial charge in [0.15, 0.2) is 5.22 Å². The first-order valence-corrected chi connectivity index (χ1v) is 6.13. The predicted molar refractivity (Wildman–Crippen MR) is 70.8 cm³/mol. The van der Waals surface area contributed by atoms with Crippen LogP contribution in [0.5, 0.6) is 0 Å². The number of furan rings is 1. The van der Waals surface area contributed by atoms with Crippen LogP contribution in [0, 0.1) is 0 Å². The first kappa shape index (κ1) is 13.4. The van der Waals surface area contributed by atoms with E-state index in [0.29, 0.717) is 24.9 Å². The van der Waals surface area contributed by atoms with Crippen LogP contribution in [-0.4, -0.2) is 31.5 Å². The highest BCUT2D eigenvalue weighted by Crippen LogP contribution is 2.29. The number of halogens is 1. The fraction of sp³-hybridized carbons (Fsp3) is 0.385. The van der Waals surface area contributed by atoms with Crippen molar-refractivity contribution in [2.75, 3.05) is 20.3 Å². The maximum absolute atomic E-state index is 9.52. The summed E-state index contributed by atoms with van der Waals surface area (Å²) in [4.78, 5) is 0. The lowest BCUT2D eigenvalue weighted by atomic mass is 10.2. The highest BCUT2D eigenvalue weighted by molar-refractivity contribution is 6.30. The van der Waals surface area contributed by atoms with E-state index in [9.17, 15) is 5.11 Å². The standard InChI is InChI=1S/C13H16ClNO3/c1-17-8-9(16)6-15-7-11-10-4-2-3-5-12(10)18-13(11)14/h2-5,9,15-16H,6-8H2,1H3. The molecule has 0 aliphatic carbocycles. The molecular weight excluding hydrogens is 254 g/mol. The van der Waals surface area contributed by atoms with Gasteiger partial charge in [0.25, 0.3) is 0 Å². The fourth-order valence-electron chi connectivity index (χ4n) is 1.85. The number of ether oxygens (including phenoxy) is 1. The molecule has 1 heterocycles. The number of rotatable bonds is 6. The molecular formula is C13H16ClNO3. The minimum absolute atomic E-state index is 0.312. The molecule has 0 radical (unpaired) electrons. The fourth-order valence-corrected chi connectivity index (χ4v) is 2.10. The molecule has 1 aromatic heterocycles. The van der Waals surface area contributed by atoms with Gasteiger partial charge in [-0.15, -0.1) is 0 Å². The van der Waals surface area contributed by atoms with Crippen molar-refractivity contribution in [2.24, 2.45) is 0 Å². The molecule has 98 valence electrons. The van der Waals surface area contributed by atoms with Gasteiger partial charge in [0, 0.05) is 31.1 Å². The lowest BCUT2D eigenvalue weighted by Gasteiger charge is -2.10. The van der Waals surface area contributed by atoms with Gasteiger partial charge < -0.3 is 19.6 Å². The van der Waals surface area contributed by atoms with E-state index in [2.05, 4.69) is 5.32 Å². The quantitative estimate of drug-likeness (QED) is 0.844. The van der Waals surface area contributed by atoms with Crippen LogP contribution in [0.15, 0.2) is 28.7 Å². The lowest BCUT2D eigenvalue weighted by molar-refractivity contribution is 0.0644. The van der Waals surface area contributed by atoms with Gasteiger partial charge in [-0.25, -0.2) is 0 Å². The van der Waals surface area contributed by atoms with Crippen LogP contribution in [-0.2, 0) is 11.3 Å². The van der Waals surface area contributed by atoms with Crippen LogP contribution in [0.1, 0.15) is 5.56 Å². The Bertz CT molecular complexity index is 512. The Balaban J connectivity index is 2.01. The zero-order valence-electron chi connectivity index (χ0n) is 10.1. The Morgan fingerprint density at radius 2 is 2.22 bits per heavy atom. The van der Waals surface area contributed by atoms with E-state index in [0.717, 1.165) is 16.5 Å². The monoisotopic (exact) mass is 269 g/mol. The van der Waals surface area contributed by atoms with Gasteiger partial charge in [0.2, 0.25) is 0 Å². The third-order valence-corrected chi connectivity index (χ3v) is 3.00. The molecule has 1 unspecified atom stereocenters. The van der Waals surface area contributed by atoms with Crippen molar-refractivity contribution >= 4 is 22.6 Å². The molecule has 18 heavy (non-hydrogen) atoms. The van der Waals surface area contributed by atoms with Gasteiger partial charge in [-0.2, -0.15) is 0 Å². The molecule has 0 saturated heterocycles. The first-order valence-electron chi connectivity index (χ1n) is 5.76. The first-order chi connectivity index (χ1) is 8.72. The Morgan fingerprint density at radius 3 is 3.00 bits per heavy atom. The summed E-state index contributed by atoms with van der Waals surface area (Å²) in [6.45, 7) is 1.31. The van der Waals surface area contributed by atoms with Crippen molar-refractivity contribution in [2.45, 2.75) is 12.6 Å². The SMILES string of the molecule is COCC(O)CNCc1c(Cl)oc2ccccc12. The van der Waals surface area contributed by atoms with Crippen LogP contribution in [0.4, 0.5) is 0 Å². The Kier molecular flexibility index (Phi) is 4.60. The normalized spacial score (nSPS) is 13.1. The number of benzene rings is 1. The third kappa shape index (κ3) is 3.03. The number of nitrogens with one attached hydrogen (secondary N) is 1. The van der Waals surface area contributed by atoms with Crippen molar-refractivity contribution in [3.05, 3.63) is 35.0 Å². The van der Waals surface area contributed by atoms with Gasteiger partial charge >= 0.3 is 0 Å². The molecule has 2 aromatic rings. The maximum atomic E-state index is 9.52. The molecule has 5 heteroatoms. The summed E-state index contributed by atoms with van der Waals surface area (Å²) < 4.78 is 10.3. The van der Waals surface area contributed by atoms with E-state index >= 15 is 0 Å². The zero-order valence-corrected chi connectivity index (χ0v) is 10.9. The number of methoxy groups -OCH3 is 1. The van der Waals surface area contributed by atoms with Crippen LogP contribution >= 0.6 is 11.6 Å². The predicted octanol–water partition coefficient (Wildman–Crippen LogP) is 2.18. The molecule has 0 amide bonds. The van der Waals surface area contributed by atoms with Crippen molar-refractivity contribution in [1.82, 2.24) is 5.32 Å².